The highest BCUT2D eigenvalue weighted by atomic mass is 32.2. The molecule has 2 atom stereocenters. The highest BCUT2D eigenvalue weighted by Crippen LogP contribution is 2.18. The molecule has 0 radical (unpaired) electrons. The van der Waals surface area contributed by atoms with E-state index in [1.54, 1.807) is 18.7 Å². The first-order valence-corrected chi connectivity index (χ1v) is 5.07. The quantitative estimate of drug-likeness (QED) is 0.667. The maximum absolute atomic E-state index is 11.0. The van der Waals surface area contributed by atoms with E-state index in [0.29, 0.717) is 5.25 Å². The lowest BCUT2D eigenvalue weighted by Gasteiger charge is -2.11. The lowest BCUT2D eigenvalue weighted by atomic mass is 10.3. The van der Waals surface area contributed by atoms with Crippen LogP contribution in [0.15, 0.2) is 4.99 Å². The normalized spacial score (nSPS) is 23.6. The molecule has 0 fully saturated rings. The highest BCUT2D eigenvalue weighted by molar-refractivity contribution is 8.14. The molecule has 1 aliphatic rings. The van der Waals surface area contributed by atoms with Gasteiger partial charge in [0.1, 0.15) is 6.04 Å². The number of aliphatic imine (C=N–C) groups is 1. The molecule has 1 heterocycles. The van der Waals surface area contributed by atoms with E-state index in [2.05, 4.69) is 22.0 Å². The van der Waals surface area contributed by atoms with Gasteiger partial charge in [-0.05, 0) is 6.92 Å². The van der Waals surface area contributed by atoms with E-state index in [1.165, 1.54) is 7.11 Å². The molecule has 0 bridgehead atoms. The first kappa shape index (κ1) is 10.4. The lowest BCUT2D eigenvalue weighted by Crippen LogP contribution is -2.37. The smallest absolute Gasteiger partial charge is 0.328 e. The van der Waals surface area contributed by atoms with Crippen molar-refractivity contribution in [3.05, 3.63) is 0 Å². The minimum Gasteiger partial charge on any atom is -0.467 e. The summed E-state index contributed by atoms with van der Waals surface area (Å²) in [6, 6.07) is -0.318. The van der Waals surface area contributed by atoms with E-state index in [0.717, 1.165) is 11.7 Å². The van der Waals surface area contributed by atoms with Crippen LogP contribution >= 0.6 is 11.8 Å². The Balaban J connectivity index is 2.37. The molecular weight excluding hydrogens is 188 g/mol. The molecule has 4 nitrogen and oxygen atoms in total. The molecule has 0 aromatic heterocycles. The van der Waals surface area contributed by atoms with Crippen molar-refractivity contribution in [2.24, 2.45) is 4.99 Å². The molecule has 5 heteroatoms. The van der Waals surface area contributed by atoms with Crippen LogP contribution in [-0.4, -0.2) is 36.1 Å². The molecule has 1 rings (SSSR count). The fourth-order valence-electron chi connectivity index (χ4n) is 0.977. The SMILES string of the molecule is COC(=O)C(C)NC1=NCC(C)S1. The van der Waals surface area contributed by atoms with Gasteiger partial charge in [0.15, 0.2) is 5.17 Å². The standard InChI is InChI=1S/C8H14N2O2S/c1-5-4-9-8(13-5)10-6(2)7(11)12-3/h5-6H,4H2,1-3H3,(H,9,10). The number of carbonyl (C=O) groups excluding carboxylic acids is 1. The van der Waals surface area contributed by atoms with Gasteiger partial charge in [0.05, 0.1) is 13.7 Å². The second kappa shape index (κ2) is 4.50. The summed E-state index contributed by atoms with van der Waals surface area (Å²) in [5.41, 5.74) is 0. The molecular formula is C8H14N2O2S. The van der Waals surface area contributed by atoms with Crippen molar-refractivity contribution in [1.82, 2.24) is 5.32 Å². The number of nitrogens with one attached hydrogen (secondary N) is 1. The van der Waals surface area contributed by atoms with Gasteiger partial charge < -0.3 is 10.1 Å². The Morgan fingerprint density at radius 3 is 3.00 bits per heavy atom. The summed E-state index contributed by atoms with van der Waals surface area (Å²) in [5.74, 6) is -0.261. The first-order chi connectivity index (χ1) is 6.13. The third-order valence-corrected chi connectivity index (χ3v) is 2.72. The van der Waals surface area contributed by atoms with Gasteiger partial charge in [-0.2, -0.15) is 0 Å². The fraction of sp³-hybridized carbons (Fsp3) is 0.750. The number of hydrogen-bond acceptors (Lipinski definition) is 5. The molecule has 13 heavy (non-hydrogen) atoms. The summed E-state index contributed by atoms with van der Waals surface area (Å²) in [4.78, 5) is 15.3. The summed E-state index contributed by atoms with van der Waals surface area (Å²) < 4.78 is 4.58. The fourth-order valence-corrected chi connectivity index (χ4v) is 1.90. The van der Waals surface area contributed by atoms with Crippen LogP contribution in [0.5, 0.6) is 0 Å². The average Bonchev–Trinajstić information content (AvgIpc) is 2.49. The van der Waals surface area contributed by atoms with Crippen molar-refractivity contribution < 1.29 is 9.53 Å². The molecule has 74 valence electrons. The van der Waals surface area contributed by atoms with Gasteiger partial charge in [0, 0.05) is 5.25 Å². The van der Waals surface area contributed by atoms with E-state index >= 15 is 0 Å². The van der Waals surface area contributed by atoms with Gasteiger partial charge in [-0.15, -0.1) is 0 Å². The van der Waals surface area contributed by atoms with Crippen LogP contribution in [-0.2, 0) is 9.53 Å². The van der Waals surface area contributed by atoms with Gasteiger partial charge in [0.25, 0.3) is 0 Å². The lowest BCUT2D eigenvalue weighted by molar-refractivity contribution is -0.142. The second-order valence-corrected chi connectivity index (χ2v) is 4.39. The third kappa shape index (κ3) is 2.91. The molecule has 0 aromatic rings. The van der Waals surface area contributed by atoms with Crippen LogP contribution in [0, 0.1) is 0 Å². The molecule has 0 spiro atoms. The molecule has 0 saturated heterocycles. The van der Waals surface area contributed by atoms with E-state index < -0.39 is 0 Å². The Kier molecular flexibility index (Phi) is 3.59. The van der Waals surface area contributed by atoms with E-state index in [1.807, 2.05) is 0 Å². The van der Waals surface area contributed by atoms with E-state index in [4.69, 9.17) is 0 Å². The number of methoxy groups -OCH3 is 1. The zero-order chi connectivity index (χ0) is 9.84. The number of carbonyl (C=O) groups is 1. The number of thioether (sulfide) groups is 1. The maximum atomic E-state index is 11.0. The Morgan fingerprint density at radius 2 is 2.54 bits per heavy atom. The summed E-state index contributed by atoms with van der Waals surface area (Å²) in [6.45, 7) is 4.68. The van der Waals surface area contributed by atoms with Crippen LogP contribution in [0.3, 0.4) is 0 Å². The predicted molar refractivity (Wildman–Crippen MR) is 54.0 cm³/mol. The number of rotatable bonds is 2. The van der Waals surface area contributed by atoms with Gasteiger partial charge in [-0.25, -0.2) is 4.79 Å². The largest absolute Gasteiger partial charge is 0.467 e. The van der Waals surface area contributed by atoms with Crippen molar-refractivity contribution in [2.75, 3.05) is 13.7 Å². The first-order valence-electron chi connectivity index (χ1n) is 4.19. The van der Waals surface area contributed by atoms with Crippen LogP contribution in [0.25, 0.3) is 0 Å². The zero-order valence-electron chi connectivity index (χ0n) is 8.03. The van der Waals surface area contributed by atoms with E-state index in [9.17, 15) is 4.79 Å². The highest BCUT2D eigenvalue weighted by Gasteiger charge is 2.19. The minimum atomic E-state index is -0.318. The summed E-state index contributed by atoms with van der Waals surface area (Å²) in [5, 5.41) is 4.34. The van der Waals surface area contributed by atoms with Crippen molar-refractivity contribution in [3.8, 4) is 0 Å². The van der Waals surface area contributed by atoms with Crippen LogP contribution in [0.4, 0.5) is 0 Å². The van der Waals surface area contributed by atoms with Gasteiger partial charge >= 0.3 is 5.97 Å². The van der Waals surface area contributed by atoms with Gasteiger partial charge in [0.2, 0.25) is 0 Å². The Hall–Kier alpha value is -0.710. The molecule has 1 N–H and O–H groups in total. The maximum Gasteiger partial charge on any atom is 0.328 e. The molecule has 0 aliphatic carbocycles. The Labute approximate surface area is 82.1 Å². The number of ether oxygens (including phenoxy) is 1. The minimum absolute atomic E-state index is 0.261. The summed E-state index contributed by atoms with van der Waals surface area (Å²) in [7, 11) is 1.38. The second-order valence-electron chi connectivity index (χ2n) is 2.96. The Bertz CT molecular complexity index is 230. The zero-order valence-corrected chi connectivity index (χ0v) is 8.85. The van der Waals surface area contributed by atoms with Crippen LogP contribution < -0.4 is 5.32 Å². The summed E-state index contributed by atoms with van der Waals surface area (Å²) >= 11 is 1.65. The number of nitrogens with zero attached hydrogens (tertiary/aromatic N) is 1. The molecule has 1 aliphatic heterocycles. The molecule has 0 saturated carbocycles. The molecule has 0 amide bonds. The monoisotopic (exact) mass is 202 g/mol. The number of esters is 1. The van der Waals surface area contributed by atoms with Crippen molar-refractivity contribution in [2.45, 2.75) is 25.1 Å². The van der Waals surface area contributed by atoms with Gasteiger partial charge in [-0.3, -0.25) is 4.99 Å². The topological polar surface area (TPSA) is 50.7 Å². The van der Waals surface area contributed by atoms with Crippen LogP contribution in [0.1, 0.15) is 13.8 Å². The predicted octanol–water partition coefficient (Wildman–Crippen LogP) is 0.629. The van der Waals surface area contributed by atoms with Gasteiger partial charge in [-0.1, -0.05) is 18.7 Å². The third-order valence-electron chi connectivity index (χ3n) is 1.70. The van der Waals surface area contributed by atoms with Crippen LogP contribution in [0.2, 0.25) is 0 Å². The molecule has 2 unspecified atom stereocenters. The van der Waals surface area contributed by atoms with Crippen molar-refractivity contribution >= 4 is 22.9 Å². The Morgan fingerprint density at radius 1 is 1.85 bits per heavy atom. The number of hydrogen-bond donors (Lipinski definition) is 1. The van der Waals surface area contributed by atoms with E-state index in [-0.39, 0.29) is 12.0 Å². The molecule has 0 aromatic carbocycles. The van der Waals surface area contributed by atoms with Crippen molar-refractivity contribution in [3.63, 3.8) is 0 Å². The average molecular weight is 202 g/mol. The summed E-state index contributed by atoms with van der Waals surface area (Å²) in [6.07, 6.45) is 0. The number of amidine groups is 1. The van der Waals surface area contributed by atoms with Crippen molar-refractivity contribution in [1.29, 1.82) is 0 Å².